The van der Waals surface area contributed by atoms with Crippen molar-refractivity contribution in [3.63, 3.8) is 0 Å². The van der Waals surface area contributed by atoms with E-state index in [0.717, 1.165) is 6.42 Å². The van der Waals surface area contributed by atoms with E-state index in [4.69, 9.17) is 9.47 Å². The standard InChI is InChI=1S/C22H40O4/c1-14(2)20(9,10)25-16(23)21(11,12)26-17(24)22(13-18(4,5)6)15(3)19(22,7)8/h14-15H,13H2,1-12H3. The molecule has 0 aromatic carbocycles. The summed E-state index contributed by atoms with van der Waals surface area (Å²) in [5.41, 5.74) is -2.64. The van der Waals surface area contributed by atoms with Crippen molar-refractivity contribution in [3.05, 3.63) is 0 Å². The van der Waals surface area contributed by atoms with Crippen molar-refractivity contribution in [2.45, 2.75) is 101 Å². The van der Waals surface area contributed by atoms with Crippen LogP contribution in [0.25, 0.3) is 0 Å². The Labute approximate surface area is 160 Å². The third-order valence-corrected chi connectivity index (χ3v) is 6.65. The van der Waals surface area contributed by atoms with Gasteiger partial charge in [0.05, 0.1) is 5.41 Å². The maximum absolute atomic E-state index is 13.2. The molecular formula is C22H40O4. The Balaban J connectivity index is 3.01. The summed E-state index contributed by atoms with van der Waals surface area (Å²) in [6.45, 7) is 23.7. The molecule has 4 nitrogen and oxygen atoms in total. The molecule has 2 atom stereocenters. The first kappa shape index (κ1) is 23.0. The highest BCUT2D eigenvalue weighted by molar-refractivity contribution is 5.87. The van der Waals surface area contributed by atoms with Gasteiger partial charge in [-0.2, -0.15) is 0 Å². The van der Waals surface area contributed by atoms with Crippen LogP contribution in [0.3, 0.4) is 0 Å². The molecule has 0 radical (unpaired) electrons. The SMILES string of the molecule is CC(C)C(C)(C)OC(=O)C(C)(C)OC(=O)C1(CC(C)(C)C)C(C)C1(C)C. The quantitative estimate of drug-likeness (QED) is 0.590. The summed E-state index contributed by atoms with van der Waals surface area (Å²) in [5.74, 6) is -0.413. The third-order valence-electron chi connectivity index (χ3n) is 6.65. The van der Waals surface area contributed by atoms with Gasteiger partial charge in [0.15, 0.2) is 0 Å². The molecule has 1 fully saturated rings. The molecule has 0 spiro atoms. The van der Waals surface area contributed by atoms with Crippen LogP contribution in [0.5, 0.6) is 0 Å². The van der Waals surface area contributed by atoms with Gasteiger partial charge in [-0.3, -0.25) is 4.79 Å². The minimum atomic E-state index is -1.31. The van der Waals surface area contributed by atoms with Crippen LogP contribution >= 0.6 is 0 Å². The lowest BCUT2D eigenvalue weighted by molar-refractivity contribution is -0.194. The summed E-state index contributed by atoms with van der Waals surface area (Å²) in [7, 11) is 0. The minimum Gasteiger partial charge on any atom is -0.456 e. The molecule has 0 amide bonds. The maximum atomic E-state index is 13.2. The molecule has 1 aliphatic carbocycles. The first-order valence-electron chi connectivity index (χ1n) is 9.78. The molecule has 0 aliphatic heterocycles. The molecule has 1 saturated carbocycles. The lowest BCUT2D eigenvalue weighted by Crippen LogP contribution is -2.46. The van der Waals surface area contributed by atoms with E-state index in [1.54, 1.807) is 13.8 Å². The first-order chi connectivity index (χ1) is 11.3. The number of carbonyl (C=O) groups excluding carboxylic acids is 2. The summed E-state index contributed by atoms with van der Waals surface area (Å²) < 4.78 is 11.5. The van der Waals surface area contributed by atoms with Crippen molar-refractivity contribution in [2.24, 2.45) is 28.1 Å². The Morgan fingerprint density at radius 2 is 1.38 bits per heavy atom. The van der Waals surface area contributed by atoms with Gasteiger partial charge in [0.25, 0.3) is 0 Å². The average Bonchev–Trinajstić information content (AvgIpc) is 2.81. The fourth-order valence-corrected chi connectivity index (χ4v) is 3.70. The number of carbonyl (C=O) groups is 2. The summed E-state index contributed by atoms with van der Waals surface area (Å²) >= 11 is 0. The predicted molar refractivity (Wildman–Crippen MR) is 105 cm³/mol. The zero-order chi connectivity index (χ0) is 20.9. The fraction of sp³-hybridized carbons (Fsp3) is 0.909. The van der Waals surface area contributed by atoms with E-state index in [1.807, 2.05) is 27.7 Å². The summed E-state index contributed by atoms with van der Waals surface area (Å²) in [6.07, 6.45) is 0.732. The van der Waals surface area contributed by atoms with Gasteiger partial charge in [0.2, 0.25) is 5.60 Å². The van der Waals surface area contributed by atoms with Gasteiger partial charge in [0, 0.05) is 0 Å². The molecular weight excluding hydrogens is 328 g/mol. The van der Waals surface area contributed by atoms with Gasteiger partial charge in [-0.05, 0) is 56.8 Å². The van der Waals surface area contributed by atoms with Crippen LogP contribution in [0.4, 0.5) is 0 Å². The molecule has 0 heterocycles. The van der Waals surface area contributed by atoms with Crippen LogP contribution in [0.15, 0.2) is 0 Å². The van der Waals surface area contributed by atoms with Crippen LogP contribution in [-0.2, 0) is 19.1 Å². The minimum absolute atomic E-state index is 0.00860. The van der Waals surface area contributed by atoms with Gasteiger partial charge in [-0.15, -0.1) is 0 Å². The zero-order valence-corrected chi connectivity index (χ0v) is 19.0. The third kappa shape index (κ3) is 4.09. The van der Waals surface area contributed by atoms with Crippen molar-refractivity contribution in [3.8, 4) is 0 Å². The molecule has 0 aromatic rings. The van der Waals surface area contributed by atoms with Crippen molar-refractivity contribution in [1.29, 1.82) is 0 Å². The van der Waals surface area contributed by atoms with Crippen molar-refractivity contribution >= 4 is 11.9 Å². The van der Waals surface area contributed by atoms with E-state index in [-0.39, 0.29) is 28.6 Å². The number of ether oxygens (including phenoxy) is 2. The van der Waals surface area contributed by atoms with E-state index in [0.29, 0.717) is 0 Å². The van der Waals surface area contributed by atoms with E-state index in [1.165, 1.54) is 0 Å². The number of hydrogen-bond donors (Lipinski definition) is 0. The Bertz CT molecular complexity index is 563. The second-order valence-corrected chi connectivity index (χ2v) is 11.2. The highest BCUT2D eigenvalue weighted by Crippen LogP contribution is 2.73. The van der Waals surface area contributed by atoms with Gasteiger partial charge < -0.3 is 9.47 Å². The van der Waals surface area contributed by atoms with E-state index >= 15 is 0 Å². The van der Waals surface area contributed by atoms with Crippen LogP contribution in [-0.4, -0.2) is 23.1 Å². The van der Waals surface area contributed by atoms with Crippen molar-refractivity contribution in [2.75, 3.05) is 0 Å². The Hall–Kier alpha value is -1.06. The molecule has 0 bridgehead atoms. The van der Waals surface area contributed by atoms with Gasteiger partial charge in [0.1, 0.15) is 5.60 Å². The number of hydrogen-bond acceptors (Lipinski definition) is 4. The van der Waals surface area contributed by atoms with E-state index < -0.39 is 22.6 Å². The smallest absolute Gasteiger partial charge is 0.350 e. The second kappa shape index (κ2) is 6.53. The molecule has 152 valence electrons. The zero-order valence-electron chi connectivity index (χ0n) is 19.0. The van der Waals surface area contributed by atoms with E-state index in [9.17, 15) is 9.59 Å². The Morgan fingerprint density at radius 3 is 1.69 bits per heavy atom. The number of rotatable bonds is 6. The molecule has 4 heteroatoms. The van der Waals surface area contributed by atoms with Gasteiger partial charge in [-0.1, -0.05) is 55.4 Å². The van der Waals surface area contributed by atoms with Crippen LogP contribution < -0.4 is 0 Å². The predicted octanol–water partition coefficient (Wildman–Crippen LogP) is 5.38. The topological polar surface area (TPSA) is 52.6 Å². The largest absolute Gasteiger partial charge is 0.456 e. The van der Waals surface area contributed by atoms with Crippen LogP contribution in [0, 0.1) is 28.1 Å². The molecule has 0 N–H and O–H groups in total. The van der Waals surface area contributed by atoms with Crippen molar-refractivity contribution < 1.29 is 19.1 Å². The molecule has 0 aromatic heterocycles. The van der Waals surface area contributed by atoms with E-state index in [2.05, 4.69) is 41.5 Å². The fourth-order valence-electron chi connectivity index (χ4n) is 3.70. The van der Waals surface area contributed by atoms with Gasteiger partial charge in [-0.25, -0.2) is 4.79 Å². The molecule has 1 rings (SSSR count). The Kier molecular flexibility index (Phi) is 5.77. The summed E-state index contributed by atoms with van der Waals surface area (Å²) in [5, 5.41) is 0. The Morgan fingerprint density at radius 1 is 0.962 bits per heavy atom. The molecule has 0 saturated heterocycles. The maximum Gasteiger partial charge on any atom is 0.350 e. The monoisotopic (exact) mass is 368 g/mol. The number of esters is 2. The van der Waals surface area contributed by atoms with Crippen LogP contribution in [0.2, 0.25) is 0 Å². The lowest BCUT2D eigenvalue weighted by atomic mass is 9.78. The average molecular weight is 369 g/mol. The summed E-state index contributed by atoms with van der Waals surface area (Å²) in [4.78, 5) is 25.9. The van der Waals surface area contributed by atoms with Crippen LogP contribution in [0.1, 0.15) is 89.5 Å². The second-order valence-electron chi connectivity index (χ2n) is 11.2. The highest BCUT2D eigenvalue weighted by Gasteiger charge is 2.74. The summed E-state index contributed by atoms with van der Waals surface area (Å²) in [6, 6.07) is 0. The first-order valence-corrected chi connectivity index (χ1v) is 9.78. The molecule has 26 heavy (non-hydrogen) atoms. The lowest BCUT2D eigenvalue weighted by Gasteiger charge is -2.35. The van der Waals surface area contributed by atoms with Gasteiger partial charge >= 0.3 is 11.9 Å². The normalized spacial score (nSPS) is 25.8. The van der Waals surface area contributed by atoms with Crippen molar-refractivity contribution in [1.82, 2.24) is 0 Å². The molecule has 2 unspecified atom stereocenters. The molecule has 1 aliphatic rings. The highest BCUT2D eigenvalue weighted by atomic mass is 16.6.